The van der Waals surface area contributed by atoms with Crippen LogP contribution in [0.15, 0.2) is 97.2 Å². The molecule has 1 aliphatic heterocycles. The largest absolute Gasteiger partial charge is 0.479 e. The number of aliphatic hydroxyl groups excluding tert-OH is 2. The van der Waals surface area contributed by atoms with Crippen LogP contribution in [0.3, 0.4) is 0 Å². The predicted molar refractivity (Wildman–Crippen MR) is 349 cm³/mol. The van der Waals surface area contributed by atoms with Crippen LogP contribution >= 0.6 is 0 Å². The Bertz CT molecular complexity index is 1840. The van der Waals surface area contributed by atoms with Gasteiger partial charge in [-0.1, -0.05) is 246 Å². The van der Waals surface area contributed by atoms with Crippen molar-refractivity contribution in [3.8, 4) is 0 Å². The number of carbonyl (C=O) groups is 4. The molecule has 0 spiro atoms. The molecular weight excluding hydrogens is 1070 g/mol. The Morgan fingerprint density at radius 3 is 1.16 bits per heavy atom. The van der Waals surface area contributed by atoms with Crippen LogP contribution in [-0.4, -0.2) is 89.2 Å². The van der Waals surface area contributed by atoms with E-state index in [0.717, 1.165) is 148 Å². The van der Waals surface area contributed by atoms with E-state index in [1.165, 1.54) is 83.5 Å². The molecule has 0 aromatic heterocycles. The monoisotopic (exact) mass is 1190 g/mol. The normalized spacial score (nSPS) is 18.1. The number of unbranched alkanes of at least 4 members (excludes halogenated alkanes) is 28. The molecule has 0 saturated carbocycles. The maximum atomic E-state index is 13.2. The second-order valence-corrected chi connectivity index (χ2v) is 23.1. The number of hydrogen-bond acceptors (Lipinski definition) is 11. The lowest BCUT2D eigenvalue weighted by Crippen LogP contribution is -2.61. The fourth-order valence-corrected chi connectivity index (χ4v) is 9.89. The van der Waals surface area contributed by atoms with Crippen LogP contribution in [-0.2, 0) is 42.9 Å². The molecule has 0 radical (unpaired) electrons. The zero-order valence-electron chi connectivity index (χ0n) is 53.8. The highest BCUT2D eigenvalue weighted by Crippen LogP contribution is 2.27. The minimum atomic E-state index is -1.92. The van der Waals surface area contributed by atoms with Crippen molar-refractivity contribution in [2.75, 3.05) is 13.2 Å². The van der Waals surface area contributed by atoms with E-state index in [2.05, 4.69) is 118 Å². The van der Waals surface area contributed by atoms with Gasteiger partial charge in [0.25, 0.3) is 0 Å². The number of ether oxygens (including phenoxy) is 5. The van der Waals surface area contributed by atoms with Gasteiger partial charge in [0.15, 0.2) is 24.6 Å². The average molecular weight is 1190 g/mol. The van der Waals surface area contributed by atoms with E-state index < -0.39 is 67.3 Å². The SMILES string of the molecule is CC/C=C\C/C=C\C/C=C\C/C=C\CCCCCCCCC(=O)OC1C(OCC(COC(=O)CCCCCCCC/C=C\C/C=C\C/C=C\CCCCC)OC(=O)CCCCCCCCC/C=C\CCCCCCCC)OC(C(=O)O)C(O)C1O. The molecule has 3 N–H and O–H groups in total. The smallest absolute Gasteiger partial charge is 0.335 e. The molecule has 0 aromatic rings. The first-order valence-corrected chi connectivity index (χ1v) is 34.2. The molecule has 12 nitrogen and oxygen atoms in total. The zero-order valence-corrected chi connectivity index (χ0v) is 53.8. The van der Waals surface area contributed by atoms with Gasteiger partial charge < -0.3 is 39.0 Å². The molecule has 0 aliphatic carbocycles. The Morgan fingerprint density at radius 1 is 0.400 bits per heavy atom. The summed E-state index contributed by atoms with van der Waals surface area (Å²) in [6.45, 7) is 5.86. The molecule has 12 heteroatoms. The minimum absolute atomic E-state index is 0.0391. The second kappa shape index (κ2) is 59.9. The Labute approximate surface area is 517 Å². The highest BCUT2D eigenvalue weighted by molar-refractivity contribution is 5.74. The summed E-state index contributed by atoms with van der Waals surface area (Å²) in [7, 11) is 0. The number of allylic oxidation sites excluding steroid dienone is 16. The molecule has 0 amide bonds. The van der Waals surface area contributed by atoms with E-state index in [1.807, 2.05) is 0 Å². The number of rotatable bonds is 58. The molecule has 0 aromatic carbocycles. The van der Waals surface area contributed by atoms with Gasteiger partial charge in [-0.15, -0.1) is 0 Å². The number of aliphatic carboxylic acids is 1. The summed E-state index contributed by atoms with van der Waals surface area (Å²) in [6.07, 6.45) is 67.8. The lowest BCUT2D eigenvalue weighted by Gasteiger charge is -2.40. The van der Waals surface area contributed by atoms with E-state index in [4.69, 9.17) is 23.7 Å². The van der Waals surface area contributed by atoms with Gasteiger partial charge in [-0.05, 0) is 122 Å². The average Bonchev–Trinajstić information content (AvgIpc) is 2.79. The van der Waals surface area contributed by atoms with Crippen molar-refractivity contribution in [3.05, 3.63) is 97.2 Å². The van der Waals surface area contributed by atoms with E-state index in [1.54, 1.807) is 0 Å². The fraction of sp³-hybridized carbons (Fsp3) is 0.726. The van der Waals surface area contributed by atoms with Gasteiger partial charge in [-0.2, -0.15) is 0 Å². The Hall–Kier alpha value is -4.36. The van der Waals surface area contributed by atoms with Crippen LogP contribution in [0.1, 0.15) is 290 Å². The predicted octanol–water partition coefficient (Wildman–Crippen LogP) is 18.8. The lowest BCUT2D eigenvalue weighted by atomic mass is 9.98. The molecular formula is C73H122O12. The summed E-state index contributed by atoms with van der Waals surface area (Å²) < 4.78 is 28.6. The zero-order chi connectivity index (χ0) is 61.7. The molecule has 6 unspecified atom stereocenters. The molecule has 85 heavy (non-hydrogen) atoms. The second-order valence-electron chi connectivity index (χ2n) is 23.1. The number of carboxylic acids is 1. The molecule has 1 fully saturated rings. The van der Waals surface area contributed by atoms with Gasteiger partial charge in [-0.25, -0.2) is 4.79 Å². The van der Waals surface area contributed by atoms with Crippen molar-refractivity contribution in [1.29, 1.82) is 0 Å². The molecule has 1 rings (SSSR count). The van der Waals surface area contributed by atoms with E-state index in [9.17, 15) is 34.5 Å². The van der Waals surface area contributed by atoms with Crippen LogP contribution in [0.2, 0.25) is 0 Å². The molecule has 486 valence electrons. The first-order chi connectivity index (χ1) is 41.6. The van der Waals surface area contributed by atoms with Crippen molar-refractivity contribution in [1.82, 2.24) is 0 Å². The first-order valence-electron chi connectivity index (χ1n) is 34.2. The van der Waals surface area contributed by atoms with Gasteiger partial charge in [0.1, 0.15) is 18.8 Å². The number of aliphatic hydroxyl groups is 2. The highest BCUT2D eigenvalue weighted by Gasteiger charge is 2.50. The summed E-state index contributed by atoms with van der Waals surface area (Å²) in [5.41, 5.74) is 0. The maximum absolute atomic E-state index is 13.2. The van der Waals surface area contributed by atoms with Crippen LogP contribution in [0.5, 0.6) is 0 Å². The number of carboxylic acid groups (broad SMARTS) is 1. The van der Waals surface area contributed by atoms with E-state index >= 15 is 0 Å². The highest BCUT2D eigenvalue weighted by atomic mass is 16.7. The Morgan fingerprint density at radius 2 is 0.741 bits per heavy atom. The standard InChI is InChI=1S/C73H122O12/c1-4-7-10-13-16-19-22-25-28-31-33-36-38-41-44-47-50-53-56-59-65(74)81-62-64(83-66(75)60-57-54-51-48-45-42-39-35-30-27-24-21-18-15-12-9-6-3)63-82-73-71(69(78)68(77)70(85-73)72(79)80)84-67(76)61-58-55-52-49-46-43-40-37-34-32-29-26-23-20-17-14-11-8-5-2/h8,11,16-17,19-20,25-30,33-34,36-37,64,68-71,73,77-78H,4-7,9-10,12-15,18,21-24,31-32,35,38-63H2,1-3H3,(H,79,80)/b11-8-,19-16-,20-17-,28-25-,29-26-,30-27-,36-33-,37-34-. The van der Waals surface area contributed by atoms with Crippen LogP contribution in [0.4, 0.5) is 0 Å². The summed E-state index contributed by atoms with van der Waals surface area (Å²) in [4.78, 5) is 51.5. The van der Waals surface area contributed by atoms with Gasteiger partial charge >= 0.3 is 23.9 Å². The molecule has 0 bridgehead atoms. The number of carbonyl (C=O) groups excluding carboxylic acids is 3. The van der Waals surface area contributed by atoms with E-state index in [-0.39, 0.29) is 25.9 Å². The third kappa shape index (κ3) is 49.3. The lowest BCUT2D eigenvalue weighted by molar-refractivity contribution is -0.301. The van der Waals surface area contributed by atoms with Crippen molar-refractivity contribution in [3.63, 3.8) is 0 Å². The van der Waals surface area contributed by atoms with Gasteiger partial charge in [0, 0.05) is 19.3 Å². The van der Waals surface area contributed by atoms with Gasteiger partial charge in [-0.3, -0.25) is 14.4 Å². The van der Waals surface area contributed by atoms with Crippen molar-refractivity contribution >= 4 is 23.9 Å². The van der Waals surface area contributed by atoms with Crippen molar-refractivity contribution in [2.24, 2.45) is 0 Å². The summed E-state index contributed by atoms with van der Waals surface area (Å²) in [5.74, 6) is -3.15. The summed E-state index contributed by atoms with van der Waals surface area (Å²) in [6, 6.07) is 0. The molecule has 1 heterocycles. The first kappa shape index (κ1) is 78.7. The minimum Gasteiger partial charge on any atom is -0.479 e. The van der Waals surface area contributed by atoms with Gasteiger partial charge in [0.2, 0.25) is 0 Å². The molecule has 6 atom stereocenters. The van der Waals surface area contributed by atoms with Crippen LogP contribution < -0.4 is 0 Å². The van der Waals surface area contributed by atoms with Gasteiger partial charge in [0.05, 0.1) is 6.61 Å². The van der Waals surface area contributed by atoms with Crippen LogP contribution in [0.25, 0.3) is 0 Å². The Balaban J connectivity index is 2.67. The summed E-state index contributed by atoms with van der Waals surface area (Å²) >= 11 is 0. The number of hydrogen-bond donors (Lipinski definition) is 3. The molecule has 1 saturated heterocycles. The quantitative estimate of drug-likeness (QED) is 0.0228. The Kier molecular flexibility index (Phi) is 55.5. The van der Waals surface area contributed by atoms with E-state index in [0.29, 0.717) is 19.3 Å². The topological polar surface area (TPSA) is 175 Å². The summed E-state index contributed by atoms with van der Waals surface area (Å²) in [5, 5.41) is 31.7. The maximum Gasteiger partial charge on any atom is 0.335 e. The van der Waals surface area contributed by atoms with Crippen molar-refractivity contribution < 1.29 is 58.2 Å². The van der Waals surface area contributed by atoms with Crippen LogP contribution in [0, 0.1) is 0 Å². The third-order valence-electron chi connectivity index (χ3n) is 15.1. The number of esters is 3. The fourth-order valence-electron chi connectivity index (χ4n) is 9.89. The van der Waals surface area contributed by atoms with Crippen molar-refractivity contribution in [2.45, 2.75) is 327 Å². The molecule has 1 aliphatic rings. The third-order valence-corrected chi connectivity index (χ3v) is 15.1.